The van der Waals surface area contributed by atoms with Gasteiger partial charge in [-0.05, 0) is 41.8 Å². The van der Waals surface area contributed by atoms with Gasteiger partial charge >= 0.3 is 0 Å². The molecule has 2 amide bonds. The fourth-order valence-electron chi connectivity index (χ4n) is 5.55. The first-order valence-electron chi connectivity index (χ1n) is 12.1. The van der Waals surface area contributed by atoms with Gasteiger partial charge in [0.15, 0.2) is 5.13 Å². The van der Waals surface area contributed by atoms with Crippen molar-refractivity contribution >= 4 is 39.8 Å². The highest BCUT2D eigenvalue weighted by atomic mass is 32.1. The highest BCUT2D eigenvalue weighted by Crippen LogP contribution is 2.57. The van der Waals surface area contributed by atoms with Gasteiger partial charge in [0, 0.05) is 41.0 Å². The summed E-state index contributed by atoms with van der Waals surface area (Å²) < 4.78 is 0. The van der Waals surface area contributed by atoms with Gasteiger partial charge < -0.3 is 10.6 Å². The van der Waals surface area contributed by atoms with E-state index in [0.29, 0.717) is 34.9 Å². The summed E-state index contributed by atoms with van der Waals surface area (Å²) in [4.78, 5) is 47.5. The Kier molecular flexibility index (Phi) is 5.68. The Balaban J connectivity index is 1.19. The summed E-state index contributed by atoms with van der Waals surface area (Å²) in [5.74, 6) is -0.512. The molecule has 2 aromatic heterocycles. The molecule has 7 rings (SSSR count). The molecule has 3 atom stereocenters. The van der Waals surface area contributed by atoms with E-state index in [4.69, 9.17) is 0 Å². The summed E-state index contributed by atoms with van der Waals surface area (Å²) in [5, 5.41) is 8.20. The maximum Gasteiger partial charge on any atom is 0.255 e. The largest absolute Gasteiger partial charge is 0.321 e. The summed E-state index contributed by atoms with van der Waals surface area (Å²) in [5.41, 5.74) is 4.04. The van der Waals surface area contributed by atoms with E-state index in [1.165, 1.54) is 11.3 Å². The zero-order valence-corrected chi connectivity index (χ0v) is 20.9. The summed E-state index contributed by atoms with van der Waals surface area (Å²) in [6.07, 6.45) is 4.13. The number of ketones is 1. The van der Waals surface area contributed by atoms with Crippen molar-refractivity contribution in [2.24, 2.45) is 5.41 Å². The third-order valence-corrected chi connectivity index (χ3v) is 8.28. The average Bonchev–Trinajstić information content (AvgIpc) is 3.39. The first-order chi connectivity index (χ1) is 17.9. The Morgan fingerprint density at radius 3 is 2.68 bits per heavy atom. The highest BCUT2D eigenvalue weighted by Gasteiger charge is 2.54. The minimum absolute atomic E-state index is 0.116. The second-order valence-corrected chi connectivity index (χ2v) is 10.7. The Bertz CT molecular complexity index is 1530. The van der Waals surface area contributed by atoms with Crippen molar-refractivity contribution in [1.29, 1.82) is 0 Å². The van der Waals surface area contributed by atoms with E-state index in [-0.39, 0.29) is 29.4 Å². The van der Waals surface area contributed by atoms with Crippen molar-refractivity contribution < 1.29 is 14.4 Å². The monoisotopic (exact) mass is 508 g/mol. The molecule has 3 unspecified atom stereocenters. The third kappa shape index (κ3) is 4.13. The molecule has 1 fully saturated rings. The van der Waals surface area contributed by atoms with Gasteiger partial charge in [0.2, 0.25) is 5.91 Å². The van der Waals surface area contributed by atoms with E-state index in [0.717, 1.165) is 16.7 Å². The molecule has 3 aliphatic rings. The number of thiazole rings is 1. The van der Waals surface area contributed by atoms with Crippen LogP contribution in [0.15, 0.2) is 78.4 Å². The Morgan fingerprint density at radius 2 is 1.86 bits per heavy atom. The number of anilines is 2. The maximum atomic E-state index is 13.5. The van der Waals surface area contributed by atoms with E-state index in [1.807, 2.05) is 42.6 Å². The molecule has 7 nitrogen and oxygen atoms in total. The number of rotatable bonds is 5. The van der Waals surface area contributed by atoms with E-state index in [2.05, 4.69) is 20.6 Å². The van der Waals surface area contributed by atoms with Crippen molar-refractivity contribution in [1.82, 2.24) is 9.97 Å². The number of hydrogen-bond donors (Lipinski definition) is 2. The summed E-state index contributed by atoms with van der Waals surface area (Å²) in [6.45, 7) is 1.96. The van der Waals surface area contributed by atoms with Crippen molar-refractivity contribution in [2.75, 3.05) is 10.6 Å². The van der Waals surface area contributed by atoms with Crippen LogP contribution >= 0.6 is 11.3 Å². The molecule has 0 radical (unpaired) electrons. The van der Waals surface area contributed by atoms with Crippen LogP contribution in [0.3, 0.4) is 0 Å². The molecule has 184 valence electrons. The first-order valence-corrected chi connectivity index (χ1v) is 13.0. The SMILES string of the molecule is CC1(C(=O)Nc2nc(-c3cccc(C(=O)Nc4cccnc4)c3)cs2)CC2C(=O)CC1c1ccccc12. The third-order valence-electron chi connectivity index (χ3n) is 7.52. The number of aromatic nitrogens is 2. The van der Waals surface area contributed by atoms with Gasteiger partial charge in [-0.2, -0.15) is 0 Å². The number of fused-ring (bicyclic) bond motifs is 2. The highest BCUT2D eigenvalue weighted by molar-refractivity contribution is 7.14. The minimum atomic E-state index is -0.691. The first kappa shape index (κ1) is 23.2. The number of pyridine rings is 1. The zero-order valence-electron chi connectivity index (χ0n) is 20.1. The van der Waals surface area contributed by atoms with E-state index in [1.54, 1.807) is 42.7 Å². The number of carbonyl (C=O) groups is 3. The zero-order chi connectivity index (χ0) is 25.6. The molecule has 0 spiro atoms. The van der Waals surface area contributed by atoms with Crippen LogP contribution < -0.4 is 10.6 Å². The predicted molar refractivity (Wildman–Crippen MR) is 143 cm³/mol. The fourth-order valence-corrected chi connectivity index (χ4v) is 6.26. The van der Waals surface area contributed by atoms with Gasteiger partial charge in [0.05, 0.1) is 23.0 Å². The fraction of sp³-hybridized carbons (Fsp3) is 0.207. The quantitative estimate of drug-likeness (QED) is 0.363. The van der Waals surface area contributed by atoms with E-state index >= 15 is 0 Å². The van der Waals surface area contributed by atoms with E-state index in [9.17, 15) is 14.4 Å². The molecular formula is C29H24N4O3S. The number of nitrogens with zero attached hydrogens (tertiary/aromatic N) is 2. The molecule has 0 saturated heterocycles. The molecule has 2 aromatic carbocycles. The lowest BCUT2D eigenvalue weighted by Crippen LogP contribution is -2.49. The molecule has 3 aliphatic carbocycles. The number of amides is 2. The molecule has 37 heavy (non-hydrogen) atoms. The summed E-state index contributed by atoms with van der Waals surface area (Å²) in [7, 11) is 0. The molecule has 8 heteroatoms. The number of benzene rings is 2. The standard InChI is InChI=1S/C29H24N4O3S/c1-29(14-22-20-9-2-3-10-21(20)23(29)13-25(22)34)27(36)33-28-32-24(16-37-28)17-6-4-7-18(12-17)26(35)31-19-8-5-11-30-15-19/h2-12,15-16,22-23H,13-14H2,1H3,(H,31,35)(H,32,33,36). The molecule has 0 aliphatic heterocycles. The normalized spacial score (nSPS) is 21.8. The Morgan fingerprint density at radius 1 is 1.03 bits per heavy atom. The number of Topliss-reactive ketones (excluding diaryl/α,β-unsaturated/α-hetero) is 1. The van der Waals surface area contributed by atoms with Crippen LogP contribution in [-0.2, 0) is 9.59 Å². The predicted octanol–water partition coefficient (Wildman–Crippen LogP) is 5.65. The van der Waals surface area contributed by atoms with Gasteiger partial charge in [-0.25, -0.2) is 4.98 Å². The number of hydrogen-bond acceptors (Lipinski definition) is 6. The lowest BCUT2D eigenvalue weighted by Gasteiger charge is -2.48. The van der Waals surface area contributed by atoms with Gasteiger partial charge in [-0.3, -0.25) is 19.4 Å². The van der Waals surface area contributed by atoms with Crippen molar-refractivity contribution in [2.45, 2.75) is 31.6 Å². The maximum absolute atomic E-state index is 13.5. The van der Waals surface area contributed by atoms with Crippen LogP contribution in [0.5, 0.6) is 0 Å². The van der Waals surface area contributed by atoms with Crippen molar-refractivity contribution in [3.63, 3.8) is 0 Å². The van der Waals surface area contributed by atoms with Crippen LogP contribution in [0, 0.1) is 5.41 Å². The van der Waals surface area contributed by atoms with Crippen LogP contribution in [0.2, 0.25) is 0 Å². The minimum Gasteiger partial charge on any atom is -0.321 e. The number of nitrogens with one attached hydrogen (secondary N) is 2. The smallest absolute Gasteiger partial charge is 0.255 e. The molecule has 2 bridgehead atoms. The molecule has 4 aromatic rings. The second-order valence-electron chi connectivity index (χ2n) is 9.79. The van der Waals surface area contributed by atoms with E-state index < -0.39 is 5.41 Å². The average molecular weight is 509 g/mol. The van der Waals surface area contributed by atoms with Gasteiger partial charge in [-0.1, -0.05) is 43.3 Å². The van der Waals surface area contributed by atoms with Crippen LogP contribution in [0.1, 0.15) is 53.1 Å². The van der Waals surface area contributed by atoms with Crippen molar-refractivity contribution in [3.05, 3.63) is 95.1 Å². The lowest BCUT2D eigenvalue weighted by atomic mass is 9.54. The van der Waals surface area contributed by atoms with Gasteiger partial charge in [0.25, 0.3) is 5.91 Å². The van der Waals surface area contributed by atoms with Crippen LogP contribution in [0.25, 0.3) is 11.3 Å². The Labute approximate surface area is 218 Å². The molecule has 2 N–H and O–H groups in total. The second kappa shape index (κ2) is 9.05. The summed E-state index contributed by atoms with van der Waals surface area (Å²) >= 11 is 1.34. The lowest BCUT2D eigenvalue weighted by molar-refractivity contribution is -0.134. The van der Waals surface area contributed by atoms with Gasteiger partial charge in [0.1, 0.15) is 5.78 Å². The topological polar surface area (TPSA) is 101 Å². The molecule has 1 saturated carbocycles. The molecule has 2 heterocycles. The van der Waals surface area contributed by atoms with Gasteiger partial charge in [-0.15, -0.1) is 11.3 Å². The van der Waals surface area contributed by atoms with Crippen LogP contribution in [0.4, 0.5) is 10.8 Å². The Hall–Kier alpha value is -4.17. The number of carbonyl (C=O) groups excluding carboxylic acids is 3. The molecular weight excluding hydrogens is 484 g/mol. The van der Waals surface area contributed by atoms with Crippen molar-refractivity contribution in [3.8, 4) is 11.3 Å². The summed E-state index contributed by atoms with van der Waals surface area (Å²) in [6, 6.07) is 18.7. The van der Waals surface area contributed by atoms with Crippen LogP contribution in [-0.4, -0.2) is 27.6 Å².